The van der Waals surface area contributed by atoms with Gasteiger partial charge in [0, 0.05) is 30.0 Å². The monoisotopic (exact) mass is 285 g/mol. The third-order valence-electron chi connectivity index (χ3n) is 2.67. The maximum Gasteiger partial charge on any atom is 0.215 e. The van der Waals surface area contributed by atoms with E-state index in [9.17, 15) is 15.0 Å². The van der Waals surface area contributed by atoms with E-state index in [0.717, 1.165) is 17.3 Å². The van der Waals surface area contributed by atoms with E-state index in [4.69, 9.17) is 4.74 Å². The Morgan fingerprint density at radius 2 is 2.21 bits per heavy atom. The smallest absolute Gasteiger partial charge is 0.215 e. The third-order valence-corrected chi connectivity index (χ3v) is 3.52. The summed E-state index contributed by atoms with van der Waals surface area (Å²) in [7, 11) is 1.53. The second-order valence-corrected chi connectivity index (χ2v) is 5.51. The molecule has 0 aliphatic carbocycles. The molecule has 0 bridgehead atoms. The van der Waals surface area contributed by atoms with Crippen LogP contribution in [0.2, 0.25) is 0 Å². The number of carbonyl (C=O) groups is 1. The summed E-state index contributed by atoms with van der Waals surface area (Å²) in [5.74, 6) is 0.980. The summed E-state index contributed by atoms with van der Waals surface area (Å²) in [5.41, 5.74) is 1.34. The normalized spacial score (nSPS) is 13.9. The summed E-state index contributed by atoms with van der Waals surface area (Å²) in [6.07, 6.45) is -0.0972. The quantitative estimate of drug-likeness (QED) is 0.824. The highest BCUT2D eigenvalue weighted by Gasteiger charge is 2.19. The van der Waals surface area contributed by atoms with Crippen molar-refractivity contribution < 1.29 is 19.7 Å². The number of thioether (sulfide) groups is 1. The van der Waals surface area contributed by atoms with Gasteiger partial charge in [0.25, 0.3) is 0 Å². The number of hydrogen-bond donors (Lipinski definition) is 2. The molecule has 0 aromatic carbocycles. The molecule has 5 nitrogen and oxygen atoms in total. The summed E-state index contributed by atoms with van der Waals surface area (Å²) in [5, 5.41) is 19.9. The highest BCUT2D eigenvalue weighted by molar-refractivity contribution is 8.13. The van der Waals surface area contributed by atoms with Gasteiger partial charge in [0.2, 0.25) is 5.88 Å². The molecular weight excluding hydrogens is 266 g/mol. The zero-order valence-corrected chi connectivity index (χ0v) is 12.1. The molecule has 0 amide bonds. The molecule has 106 valence electrons. The molecule has 1 heterocycles. The van der Waals surface area contributed by atoms with E-state index in [1.54, 1.807) is 6.07 Å². The molecule has 0 fully saturated rings. The van der Waals surface area contributed by atoms with Gasteiger partial charge in [-0.15, -0.1) is 0 Å². The van der Waals surface area contributed by atoms with Gasteiger partial charge in [0.05, 0.1) is 13.2 Å². The predicted molar refractivity (Wildman–Crippen MR) is 74.2 cm³/mol. The van der Waals surface area contributed by atoms with Gasteiger partial charge in [-0.2, -0.15) is 0 Å². The summed E-state index contributed by atoms with van der Waals surface area (Å²) in [6.45, 7) is 3.30. The summed E-state index contributed by atoms with van der Waals surface area (Å²) in [4.78, 5) is 14.8. The van der Waals surface area contributed by atoms with Crippen LogP contribution in [0.25, 0.3) is 0 Å². The van der Waals surface area contributed by atoms with E-state index in [-0.39, 0.29) is 5.12 Å². The molecule has 0 saturated carbocycles. The number of aryl methyl sites for hydroxylation is 1. The Labute approximate surface area is 117 Å². The number of nitrogens with zero attached hydrogens (tertiary/aromatic N) is 1. The van der Waals surface area contributed by atoms with Crippen molar-refractivity contribution in [3.63, 3.8) is 0 Å². The zero-order valence-electron chi connectivity index (χ0n) is 11.3. The van der Waals surface area contributed by atoms with Gasteiger partial charge in [-0.1, -0.05) is 11.8 Å². The highest BCUT2D eigenvalue weighted by Crippen LogP contribution is 2.23. The van der Waals surface area contributed by atoms with Gasteiger partial charge >= 0.3 is 0 Å². The van der Waals surface area contributed by atoms with Crippen molar-refractivity contribution in [2.45, 2.75) is 32.5 Å². The molecule has 2 unspecified atom stereocenters. The summed E-state index contributed by atoms with van der Waals surface area (Å²) >= 11 is 1.14. The van der Waals surface area contributed by atoms with Crippen LogP contribution in [0.5, 0.6) is 5.88 Å². The number of carbonyl (C=O) groups excluding carboxylic acids is 1. The number of methoxy groups -OCH3 is 1. The van der Waals surface area contributed by atoms with Crippen LogP contribution in [0.1, 0.15) is 30.6 Å². The standard InChI is InChI=1S/C13H19NO4S/c1-8-6-10(7-14-13(8)18-3)12(17)11(16)4-5-19-9(2)15/h6-7,11-12,16-17H,4-5H2,1-3H3. The Morgan fingerprint density at radius 3 is 2.74 bits per heavy atom. The van der Waals surface area contributed by atoms with Gasteiger partial charge < -0.3 is 14.9 Å². The van der Waals surface area contributed by atoms with Gasteiger partial charge in [-0.05, 0) is 19.4 Å². The van der Waals surface area contributed by atoms with Crippen LogP contribution in [0.3, 0.4) is 0 Å². The molecule has 19 heavy (non-hydrogen) atoms. The van der Waals surface area contributed by atoms with Crippen LogP contribution in [0, 0.1) is 6.92 Å². The number of ether oxygens (including phenoxy) is 1. The molecule has 6 heteroatoms. The Morgan fingerprint density at radius 1 is 1.53 bits per heavy atom. The summed E-state index contributed by atoms with van der Waals surface area (Å²) in [6, 6.07) is 1.73. The lowest BCUT2D eigenvalue weighted by Crippen LogP contribution is -2.19. The molecule has 1 aromatic rings. The highest BCUT2D eigenvalue weighted by atomic mass is 32.2. The first-order chi connectivity index (χ1) is 8.95. The number of rotatable bonds is 6. The second kappa shape index (κ2) is 7.47. The lowest BCUT2D eigenvalue weighted by atomic mass is 10.0. The average molecular weight is 285 g/mol. The van der Waals surface area contributed by atoms with E-state index < -0.39 is 12.2 Å². The van der Waals surface area contributed by atoms with Crippen LogP contribution < -0.4 is 4.74 Å². The Bertz CT molecular complexity index is 439. The topological polar surface area (TPSA) is 79.7 Å². The summed E-state index contributed by atoms with van der Waals surface area (Å²) < 4.78 is 5.04. The molecule has 2 N–H and O–H groups in total. The fourth-order valence-electron chi connectivity index (χ4n) is 1.66. The van der Waals surface area contributed by atoms with Gasteiger partial charge in [-0.3, -0.25) is 4.79 Å². The van der Waals surface area contributed by atoms with E-state index in [0.29, 0.717) is 23.6 Å². The molecule has 0 spiro atoms. The van der Waals surface area contributed by atoms with Crippen molar-refractivity contribution in [2.75, 3.05) is 12.9 Å². The molecule has 0 radical (unpaired) electrons. The van der Waals surface area contributed by atoms with Crippen LogP contribution in [0.4, 0.5) is 0 Å². The zero-order chi connectivity index (χ0) is 14.4. The van der Waals surface area contributed by atoms with Gasteiger partial charge in [-0.25, -0.2) is 4.98 Å². The van der Waals surface area contributed by atoms with Crippen LogP contribution in [0.15, 0.2) is 12.3 Å². The first-order valence-electron chi connectivity index (χ1n) is 5.95. The van der Waals surface area contributed by atoms with E-state index in [2.05, 4.69) is 4.98 Å². The average Bonchev–Trinajstić information content (AvgIpc) is 2.37. The molecule has 0 saturated heterocycles. The van der Waals surface area contributed by atoms with Crippen molar-refractivity contribution in [3.8, 4) is 5.88 Å². The molecule has 1 rings (SSSR count). The maximum atomic E-state index is 10.8. The van der Waals surface area contributed by atoms with E-state index >= 15 is 0 Å². The predicted octanol–water partition coefficient (Wildman–Crippen LogP) is 1.46. The number of aromatic nitrogens is 1. The minimum Gasteiger partial charge on any atom is -0.481 e. The minimum absolute atomic E-state index is 0.00338. The Kier molecular flexibility index (Phi) is 6.27. The molecule has 1 aromatic heterocycles. The van der Waals surface area contributed by atoms with Crippen molar-refractivity contribution in [3.05, 3.63) is 23.4 Å². The number of hydrogen-bond acceptors (Lipinski definition) is 6. The number of aliphatic hydroxyl groups is 2. The van der Waals surface area contributed by atoms with Gasteiger partial charge in [0.15, 0.2) is 5.12 Å². The Hall–Kier alpha value is -1.11. The maximum absolute atomic E-state index is 10.8. The van der Waals surface area contributed by atoms with Crippen LogP contribution in [-0.2, 0) is 4.79 Å². The van der Waals surface area contributed by atoms with Crippen LogP contribution >= 0.6 is 11.8 Å². The first-order valence-corrected chi connectivity index (χ1v) is 6.94. The Balaban J connectivity index is 2.63. The number of pyridine rings is 1. The van der Waals surface area contributed by atoms with Crippen molar-refractivity contribution >= 4 is 16.9 Å². The lowest BCUT2D eigenvalue weighted by Gasteiger charge is -2.18. The largest absolute Gasteiger partial charge is 0.481 e. The van der Waals surface area contributed by atoms with E-state index in [1.807, 2.05) is 6.92 Å². The van der Waals surface area contributed by atoms with Crippen molar-refractivity contribution in [2.24, 2.45) is 0 Å². The number of aliphatic hydroxyl groups excluding tert-OH is 2. The fourth-order valence-corrected chi connectivity index (χ4v) is 2.31. The molecule has 0 aliphatic heterocycles. The van der Waals surface area contributed by atoms with Crippen molar-refractivity contribution in [1.29, 1.82) is 0 Å². The fraction of sp³-hybridized carbons (Fsp3) is 0.538. The van der Waals surface area contributed by atoms with Gasteiger partial charge in [0.1, 0.15) is 6.10 Å². The van der Waals surface area contributed by atoms with Crippen LogP contribution in [-0.4, -0.2) is 39.3 Å². The third kappa shape index (κ3) is 4.81. The molecular formula is C13H19NO4S. The molecule has 0 aliphatic rings. The lowest BCUT2D eigenvalue weighted by molar-refractivity contribution is -0.109. The first kappa shape index (κ1) is 15.9. The molecule has 2 atom stereocenters. The SMILES string of the molecule is COc1ncc(C(O)C(O)CCSC(C)=O)cc1C. The minimum atomic E-state index is -1.01. The van der Waals surface area contributed by atoms with E-state index in [1.165, 1.54) is 20.2 Å². The van der Waals surface area contributed by atoms with Crippen molar-refractivity contribution in [1.82, 2.24) is 4.98 Å². The second-order valence-electron chi connectivity index (χ2n) is 4.24.